The highest BCUT2D eigenvalue weighted by molar-refractivity contribution is 5.75. The first-order valence-electron chi connectivity index (χ1n) is 5.24. The van der Waals surface area contributed by atoms with Gasteiger partial charge in [-0.3, -0.25) is 4.79 Å². The van der Waals surface area contributed by atoms with Gasteiger partial charge >= 0.3 is 5.97 Å². The number of carbonyl (C=O) groups excluding carboxylic acids is 1. The SMILES string of the molecule is CCC(N)C(=O)OCC1CCOCC1. The van der Waals surface area contributed by atoms with Crippen molar-refractivity contribution in [2.24, 2.45) is 11.7 Å². The van der Waals surface area contributed by atoms with E-state index in [-0.39, 0.29) is 5.97 Å². The molecule has 1 rings (SSSR count). The lowest BCUT2D eigenvalue weighted by molar-refractivity contribution is -0.147. The van der Waals surface area contributed by atoms with Gasteiger partial charge in [-0.15, -0.1) is 0 Å². The zero-order chi connectivity index (χ0) is 10.4. The van der Waals surface area contributed by atoms with Crippen molar-refractivity contribution < 1.29 is 14.3 Å². The van der Waals surface area contributed by atoms with Gasteiger partial charge in [0.1, 0.15) is 6.04 Å². The molecule has 0 aliphatic carbocycles. The quantitative estimate of drug-likeness (QED) is 0.680. The maximum atomic E-state index is 11.2. The molecule has 1 aliphatic heterocycles. The fourth-order valence-electron chi connectivity index (χ4n) is 1.39. The summed E-state index contributed by atoms with van der Waals surface area (Å²) in [6, 6.07) is -0.463. The smallest absolute Gasteiger partial charge is 0.322 e. The molecule has 0 aromatic heterocycles. The number of nitrogens with two attached hydrogens (primary N) is 1. The zero-order valence-electron chi connectivity index (χ0n) is 8.70. The Morgan fingerprint density at radius 3 is 2.79 bits per heavy atom. The summed E-state index contributed by atoms with van der Waals surface area (Å²) in [5.74, 6) is 0.177. The summed E-state index contributed by atoms with van der Waals surface area (Å²) in [5, 5.41) is 0. The molecule has 0 saturated carbocycles. The Hall–Kier alpha value is -0.610. The van der Waals surface area contributed by atoms with Crippen molar-refractivity contribution in [1.29, 1.82) is 0 Å². The Bertz CT molecular complexity index is 178. The maximum absolute atomic E-state index is 11.2. The molecule has 1 unspecified atom stereocenters. The number of hydrogen-bond donors (Lipinski definition) is 1. The predicted octanol–water partition coefficient (Wildman–Crippen LogP) is 0.693. The third-order valence-electron chi connectivity index (χ3n) is 2.54. The minimum Gasteiger partial charge on any atom is -0.464 e. The molecule has 0 spiro atoms. The Kier molecular flexibility index (Phi) is 4.90. The second-order valence-corrected chi connectivity index (χ2v) is 3.70. The molecule has 1 fully saturated rings. The van der Waals surface area contributed by atoms with E-state index >= 15 is 0 Å². The minimum atomic E-state index is -0.463. The van der Waals surface area contributed by atoms with E-state index in [4.69, 9.17) is 15.2 Å². The first kappa shape index (κ1) is 11.5. The fourth-order valence-corrected chi connectivity index (χ4v) is 1.39. The highest BCUT2D eigenvalue weighted by Crippen LogP contribution is 2.14. The van der Waals surface area contributed by atoms with Crippen molar-refractivity contribution in [3.8, 4) is 0 Å². The van der Waals surface area contributed by atoms with Crippen LogP contribution in [0.3, 0.4) is 0 Å². The molecule has 1 aliphatic rings. The molecule has 1 atom stereocenters. The molecule has 2 N–H and O–H groups in total. The first-order chi connectivity index (χ1) is 6.74. The van der Waals surface area contributed by atoms with Gasteiger partial charge in [-0.2, -0.15) is 0 Å². The van der Waals surface area contributed by atoms with E-state index in [1.54, 1.807) is 0 Å². The van der Waals surface area contributed by atoms with Crippen molar-refractivity contribution in [1.82, 2.24) is 0 Å². The second kappa shape index (κ2) is 5.98. The van der Waals surface area contributed by atoms with Gasteiger partial charge in [0.15, 0.2) is 0 Å². The van der Waals surface area contributed by atoms with Crippen LogP contribution in [-0.4, -0.2) is 31.8 Å². The molecule has 4 heteroatoms. The van der Waals surface area contributed by atoms with Crippen LogP contribution in [0.5, 0.6) is 0 Å². The molecule has 0 amide bonds. The summed E-state index contributed by atoms with van der Waals surface area (Å²) in [7, 11) is 0. The molecule has 0 aromatic rings. The molecule has 82 valence electrons. The van der Waals surface area contributed by atoms with E-state index in [1.165, 1.54) is 0 Å². The van der Waals surface area contributed by atoms with Crippen LogP contribution in [0.2, 0.25) is 0 Å². The molecule has 1 saturated heterocycles. The lowest BCUT2D eigenvalue weighted by atomic mass is 10.0. The largest absolute Gasteiger partial charge is 0.464 e. The van der Waals surface area contributed by atoms with E-state index in [9.17, 15) is 4.79 Å². The van der Waals surface area contributed by atoms with Gasteiger partial charge in [-0.1, -0.05) is 6.92 Å². The maximum Gasteiger partial charge on any atom is 0.322 e. The minimum absolute atomic E-state index is 0.279. The highest BCUT2D eigenvalue weighted by Gasteiger charge is 2.18. The highest BCUT2D eigenvalue weighted by atomic mass is 16.5. The summed E-state index contributed by atoms with van der Waals surface area (Å²) in [4.78, 5) is 11.2. The summed E-state index contributed by atoms with van der Waals surface area (Å²) in [6.45, 7) is 3.93. The molecular weight excluding hydrogens is 182 g/mol. The first-order valence-corrected chi connectivity index (χ1v) is 5.24. The number of hydrogen-bond acceptors (Lipinski definition) is 4. The van der Waals surface area contributed by atoms with Gasteiger partial charge in [0.05, 0.1) is 6.61 Å². The Labute approximate surface area is 84.7 Å². The number of esters is 1. The van der Waals surface area contributed by atoms with Crippen LogP contribution < -0.4 is 5.73 Å². The average molecular weight is 201 g/mol. The normalized spacial score (nSPS) is 20.4. The molecule has 0 radical (unpaired) electrons. The van der Waals surface area contributed by atoms with Crippen molar-refractivity contribution in [2.75, 3.05) is 19.8 Å². The van der Waals surface area contributed by atoms with E-state index in [2.05, 4.69) is 0 Å². The average Bonchev–Trinajstić information content (AvgIpc) is 2.26. The van der Waals surface area contributed by atoms with Gasteiger partial charge in [-0.05, 0) is 25.2 Å². The third-order valence-corrected chi connectivity index (χ3v) is 2.54. The number of rotatable bonds is 4. The summed E-state index contributed by atoms with van der Waals surface area (Å²) < 4.78 is 10.3. The van der Waals surface area contributed by atoms with Gasteiger partial charge in [0.2, 0.25) is 0 Å². The van der Waals surface area contributed by atoms with Crippen molar-refractivity contribution in [2.45, 2.75) is 32.2 Å². The predicted molar refractivity (Wildman–Crippen MR) is 52.8 cm³/mol. The van der Waals surface area contributed by atoms with E-state index in [0.29, 0.717) is 18.9 Å². The molecule has 0 aromatic carbocycles. The standard InChI is InChI=1S/C10H19NO3/c1-2-9(11)10(12)14-7-8-3-5-13-6-4-8/h8-9H,2-7,11H2,1H3. The molecule has 1 heterocycles. The summed E-state index contributed by atoms with van der Waals surface area (Å²) in [5.41, 5.74) is 5.53. The van der Waals surface area contributed by atoms with Crippen LogP contribution in [0.15, 0.2) is 0 Å². The van der Waals surface area contributed by atoms with Gasteiger partial charge in [-0.25, -0.2) is 0 Å². The Balaban J connectivity index is 2.15. The topological polar surface area (TPSA) is 61.6 Å². The van der Waals surface area contributed by atoms with Crippen molar-refractivity contribution in [3.05, 3.63) is 0 Å². The molecule has 14 heavy (non-hydrogen) atoms. The van der Waals surface area contributed by atoms with E-state index < -0.39 is 6.04 Å². The van der Waals surface area contributed by atoms with Crippen LogP contribution in [-0.2, 0) is 14.3 Å². The van der Waals surface area contributed by atoms with Crippen LogP contribution in [0, 0.1) is 5.92 Å². The Morgan fingerprint density at radius 1 is 1.57 bits per heavy atom. The van der Waals surface area contributed by atoms with Crippen molar-refractivity contribution >= 4 is 5.97 Å². The third kappa shape index (κ3) is 3.64. The summed E-state index contributed by atoms with van der Waals surface area (Å²) >= 11 is 0. The lowest BCUT2D eigenvalue weighted by Gasteiger charge is -2.22. The van der Waals surface area contributed by atoms with Gasteiger partial charge < -0.3 is 15.2 Å². The zero-order valence-corrected chi connectivity index (χ0v) is 8.70. The number of ether oxygens (including phenoxy) is 2. The van der Waals surface area contributed by atoms with Gasteiger partial charge in [0.25, 0.3) is 0 Å². The fraction of sp³-hybridized carbons (Fsp3) is 0.900. The van der Waals surface area contributed by atoms with Crippen molar-refractivity contribution in [3.63, 3.8) is 0 Å². The molecule has 0 bridgehead atoms. The molecule has 4 nitrogen and oxygen atoms in total. The van der Waals surface area contributed by atoms with Gasteiger partial charge in [0, 0.05) is 13.2 Å². The van der Waals surface area contributed by atoms with Crippen LogP contribution >= 0.6 is 0 Å². The van der Waals surface area contributed by atoms with Crippen LogP contribution in [0.1, 0.15) is 26.2 Å². The lowest BCUT2D eigenvalue weighted by Crippen LogP contribution is -2.33. The molecular formula is C10H19NO3. The summed E-state index contributed by atoms with van der Waals surface area (Å²) in [6.07, 6.45) is 2.59. The van der Waals surface area contributed by atoms with E-state index in [0.717, 1.165) is 26.1 Å². The van der Waals surface area contributed by atoms with E-state index in [1.807, 2.05) is 6.92 Å². The second-order valence-electron chi connectivity index (χ2n) is 3.70. The van der Waals surface area contributed by atoms with Crippen LogP contribution in [0.4, 0.5) is 0 Å². The Morgan fingerprint density at radius 2 is 2.21 bits per heavy atom. The number of carbonyl (C=O) groups is 1. The monoisotopic (exact) mass is 201 g/mol. The van der Waals surface area contributed by atoms with Crippen LogP contribution in [0.25, 0.3) is 0 Å².